The number of benzene rings is 2. The molecule has 1 aliphatic heterocycles. The van der Waals surface area contributed by atoms with Crippen LogP contribution in [0.5, 0.6) is 0 Å². The average Bonchev–Trinajstić information content (AvgIpc) is 2.55. The number of nitrogens with one attached hydrogen (secondary N) is 2. The van der Waals surface area contributed by atoms with Crippen LogP contribution in [0.1, 0.15) is 5.69 Å². The number of carbonyl (C=O) groups is 1. The Kier molecular flexibility index (Phi) is 2.86. The minimum absolute atomic E-state index is 0.159. The van der Waals surface area contributed by atoms with Crippen LogP contribution < -0.4 is 10.6 Å². The molecule has 3 aromatic rings. The molecule has 4 rings (SSSR count). The van der Waals surface area contributed by atoms with Crippen LogP contribution in [-0.4, -0.2) is 10.9 Å². The minimum atomic E-state index is -0.159. The zero-order valence-electron chi connectivity index (χ0n) is 11.7. The van der Waals surface area contributed by atoms with E-state index in [9.17, 15) is 4.79 Å². The van der Waals surface area contributed by atoms with Gasteiger partial charge < -0.3 is 10.6 Å². The van der Waals surface area contributed by atoms with E-state index in [-0.39, 0.29) is 5.91 Å². The van der Waals surface area contributed by atoms with Gasteiger partial charge in [0.1, 0.15) is 5.70 Å². The van der Waals surface area contributed by atoms with E-state index >= 15 is 0 Å². The molecule has 22 heavy (non-hydrogen) atoms. The van der Waals surface area contributed by atoms with Crippen LogP contribution in [0.15, 0.2) is 66.4 Å². The molecule has 2 heterocycles. The van der Waals surface area contributed by atoms with E-state index in [1.54, 1.807) is 6.08 Å². The van der Waals surface area contributed by atoms with Crippen molar-refractivity contribution in [3.8, 4) is 0 Å². The number of hydrogen-bond acceptors (Lipinski definition) is 3. The van der Waals surface area contributed by atoms with Crippen molar-refractivity contribution in [1.29, 1.82) is 0 Å². The van der Waals surface area contributed by atoms with Crippen molar-refractivity contribution < 1.29 is 4.79 Å². The summed E-state index contributed by atoms with van der Waals surface area (Å²) in [6, 6.07) is 19.4. The SMILES string of the molecule is O=C1Nc2ccccc2N/C1=C/c1ccc2ccccc2n1. The van der Waals surface area contributed by atoms with Gasteiger partial charge in [0.2, 0.25) is 0 Å². The molecule has 0 atom stereocenters. The summed E-state index contributed by atoms with van der Waals surface area (Å²) in [5.41, 5.74) is 3.82. The van der Waals surface area contributed by atoms with Gasteiger partial charge >= 0.3 is 0 Å². The number of aromatic nitrogens is 1. The lowest BCUT2D eigenvalue weighted by Gasteiger charge is -2.20. The van der Waals surface area contributed by atoms with Crippen molar-refractivity contribution in [2.75, 3.05) is 10.6 Å². The number of para-hydroxylation sites is 3. The molecule has 1 aromatic heterocycles. The van der Waals surface area contributed by atoms with Gasteiger partial charge in [0.15, 0.2) is 0 Å². The first kappa shape index (κ1) is 12.6. The van der Waals surface area contributed by atoms with E-state index in [1.807, 2.05) is 60.7 Å². The maximum atomic E-state index is 12.2. The monoisotopic (exact) mass is 287 g/mol. The molecule has 0 saturated carbocycles. The normalized spacial score (nSPS) is 15.3. The number of nitrogens with zero attached hydrogens (tertiary/aromatic N) is 1. The summed E-state index contributed by atoms with van der Waals surface area (Å²) in [5.74, 6) is -0.159. The van der Waals surface area contributed by atoms with Crippen LogP contribution >= 0.6 is 0 Å². The highest BCUT2D eigenvalue weighted by Crippen LogP contribution is 2.27. The Balaban J connectivity index is 1.73. The first-order chi connectivity index (χ1) is 10.8. The molecule has 0 unspecified atom stereocenters. The summed E-state index contributed by atoms with van der Waals surface area (Å²) in [7, 11) is 0. The van der Waals surface area contributed by atoms with E-state index < -0.39 is 0 Å². The van der Waals surface area contributed by atoms with Crippen molar-refractivity contribution >= 4 is 34.3 Å². The van der Waals surface area contributed by atoms with E-state index in [0.29, 0.717) is 5.70 Å². The van der Waals surface area contributed by atoms with Crippen molar-refractivity contribution in [2.24, 2.45) is 0 Å². The van der Waals surface area contributed by atoms with E-state index in [2.05, 4.69) is 15.6 Å². The number of anilines is 2. The lowest BCUT2D eigenvalue weighted by atomic mass is 10.1. The van der Waals surface area contributed by atoms with E-state index in [1.165, 1.54) is 0 Å². The van der Waals surface area contributed by atoms with Crippen LogP contribution in [0.2, 0.25) is 0 Å². The van der Waals surface area contributed by atoms with Gasteiger partial charge in [-0.05, 0) is 30.3 Å². The molecule has 0 fully saturated rings. The number of carbonyl (C=O) groups excluding carboxylic acids is 1. The Morgan fingerprint density at radius 1 is 0.818 bits per heavy atom. The standard InChI is InChI=1S/C18H13N3O/c22-18-17(20-15-7-3-4-8-16(15)21-18)11-13-10-9-12-5-1-2-6-14(12)19-13/h1-11,20H,(H,21,22)/b17-11+. The number of rotatable bonds is 1. The molecule has 0 aliphatic carbocycles. The third-order valence-electron chi connectivity index (χ3n) is 3.60. The summed E-state index contributed by atoms with van der Waals surface area (Å²) in [5, 5.41) is 7.10. The summed E-state index contributed by atoms with van der Waals surface area (Å²) in [6.45, 7) is 0. The summed E-state index contributed by atoms with van der Waals surface area (Å²) >= 11 is 0. The number of fused-ring (bicyclic) bond motifs is 2. The lowest BCUT2D eigenvalue weighted by molar-refractivity contribution is -0.112. The Bertz CT molecular complexity index is 915. The number of pyridine rings is 1. The van der Waals surface area contributed by atoms with E-state index in [0.717, 1.165) is 28.0 Å². The second-order valence-electron chi connectivity index (χ2n) is 5.11. The van der Waals surface area contributed by atoms with Gasteiger partial charge in [-0.15, -0.1) is 0 Å². The van der Waals surface area contributed by atoms with E-state index in [4.69, 9.17) is 0 Å². The van der Waals surface area contributed by atoms with Crippen LogP contribution in [0.3, 0.4) is 0 Å². The topological polar surface area (TPSA) is 54.0 Å². The first-order valence-corrected chi connectivity index (χ1v) is 7.04. The fourth-order valence-electron chi connectivity index (χ4n) is 2.50. The predicted octanol–water partition coefficient (Wildman–Crippen LogP) is 3.64. The van der Waals surface area contributed by atoms with Gasteiger partial charge in [0, 0.05) is 5.39 Å². The molecule has 2 aromatic carbocycles. The molecule has 4 heteroatoms. The van der Waals surface area contributed by atoms with Crippen LogP contribution in [0, 0.1) is 0 Å². The van der Waals surface area contributed by atoms with Gasteiger partial charge in [-0.2, -0.15) is 0 Å². The van der Waals surface area contributed by atoms with Crippen LogP contribution in [0.4, 0.5) is 11.4 Å². The maximum absolute atomic E-state index is 12.2. The van der Waals surface area contributed by atoms with Gasteiger partial charge in [0.05, 0.1) is 22.6 Å². The van der Waals surface area contributed by atoms with Crippen molar-refractivity contribution in [1.82, 2.24) is 4.98 Å². The van der Waals surface area contributed by atoms with Crippen molar-refractivity contribution in [3.05, 3.63) is 72.1 Å². The number of hydrogen-bond donors (Lipinski definition) is 2. The molecular formula is C18H13N3O. The summed E-state index contributed by atoms with van der Waals surface area (Å²) < 4.78 is 0. The Labute approximate surface area is 127 Å². The average molecular weight is 287 g/mol. The molecule has 0 spiro atoms. The highest BCUT2D eigenvalue weighted by Gasteiger charge is 2.18. The smallest absolute Gasteiger partial charge is 0.272 e. The maximum Gasteiger partial charge on any atom is 0.272 e. The molecule has 0 radical (unpaired) electrons. The summed E-state index contributed by atoms with van der Waals surface area (Å²) in [6.07, 6.45) is 1.76. The molecule has 1 amide bonds. The van der Waals surface area contributed by atoms with Gasteiger partial charge in [-0.25, -0.2) is 4.98 Å². The highest BCUT2D eigenvalue weighted by atomic mass is 16.2. The zero-order valence-corrected chi connectivity index (χ0v) is 11.7. The quantitative estimate of drug-likeness (QED) is 0.672. The van der Waals surface area contributed by atoms with Gasteiger partial charge in [-0.3, -0.25) is 4.79 Å². The zero-order chi connectivity index (χ0) is 14.9. The first-order valence-electron chi connectivity index (χ1n) is 7.04. The minimum Gasteiger partial charge on any atom is -0.349 e. The second kappa shape index (κ2) is 5.00. The Hall–Kier alpha value is -3.14. The molecule has 4 nitrogen and oxygen atoms in total. The molecule has 0 saturated heterocycles. The van der Waals surface area contributed by atoms with Crippen molar-refractivity contribution in [3.63, 3.8) is 0 Å². The fraction of sp³-hybridized carbons (Fsp3) is 0. The summed E-state index contributed by atoms with van der Waals surface area (Å²) in [4.78, 5) is 16.7. The van der Waals surface area contributed by atoms with Gasteiger partial charge in [0.25, 0.3) is 5.91 Å². The third kappa shape index (κ3) is 2.20. The molecular weight excluding hydrogens is 274 g/mol. The molecule has 1 aliphatic rings. The van der Waals surface area contributed by atoms with Crippen molar-refractivity contribution in [2.45, 2.75) is 0 Å². The molecule has 0 bridgehead atoms. The second-order valence-corrected chi connectivity index (χ2v) is 5.11. The van der Waals surface area contributed by atoms with Crippen LogP contribution in [0.25, 0.3) is 17.0 Å². The number of amides is 1. The highest BCUT2D eigenvalue weighted by molar-refractivity contribution is 6.13. The fourth-order valence-corrected chi connectivity index (χ4v) is 2.50. The Morgan fingerprint density at radius 3 is 2.41 bits per heavy atom. The molecule has 2 N–H and O–H groups in total. The lowest BCUT2D eigenvalue weighted by Crippen LogP contribution is -2.25. The van der Waals surface area contributed by atoms with Crippen LogP contribution in [-0.2, 0) is 4.79 Å². The van der Waals surface area contributed by atoms with Gasteiger partial charge in [-0.1, -0.05) is 36.4 Å². The predicted molar refractivity (Wildman–Crippen MR) is 88.4 cm³/mol. The largest absolute Gasteiger partial charge is 0.349 e. The Morgan fingerprint density at radius 2 is 1.55 bits per heavy atom. The third-order valence-corrected chi connectivity index (χ3v) is 3.60. The molecule has 106 valence electrons.